The maximum atomic E-state index is 5.95. The summed E-state index contributed by atoms with van der Waals surface area (Å²) in [6.45, 7) is 7.14. The largest absolute Gasteiger partial charge is 0.455 e. The van der Waals surface area contributed by atoms with Gasteiger partial charge in [-0.15, -0.1) is 0 Å². The molecule has 0 amide bonds. The van der Waals surface area contributed by atoms with Gasteiger partial charge >= 0.3 is 0 Å². The number of nitrogens with zero attached hydrogens (tertiary/aromatic N) is 1. The van der Waals surface area contributed by atoms with Gasteiger partial charge in [0.05, 0.1) is 6.20 Å². The van der Waals surface area contributed by atoms with Gasteiger partial charge in [-0.2, -0.15) is 0 Å². The molecule has 0 aliphatic carbocycles. The minimum Gasteiger partial charge on any atom is -0.455 e. The maximum Gasteiger partial charge on any atom is 0.146 e. The fourth-order valence-electron chi connectivity index (χ4n) is 1.84. The van der Waals surface area contributed by atoms with Crippen molar-refractivity contribution in [3.8, 4) is 11.5 Å². The molecule has 0 aliphatic rings. The Labute approximate surface area is 128 Å². The minimum atomic E-state index is 0.441. The maximum absolute atomic E-state index is 5.95. The quantitative estimate of drug-likeness (QED) is 0.877. The average Bonchev–Trinajstić information content (AvgIpc) is 2.39. The molecule has 0 aliphatic heterocycles. The molecule has 106 valence electrons. The molecular formula is C16H19BrN2O. The van der Waals surface area contributed by atoms with E-state index in [1.165, 1.54) is 5.56 Å². The number of pyridine rings is 1. The first-order valence-corrected chi connectivity index (χ1v) is 7.45. The van der Waals surface area contributed by atoms with Crippen LogP contribution in [-0.4, -0.2) is 11.0 Å². The molecule has 2 rings (SSSR count). The van der Waals surface area contributed by atoms with Gasteiger partial charge in [-0.25, -0.2) is 0 Å². The standard InChI is InChI=1S/C16H19BrN2O/c1-11(2)19-8-13-6-12(3)4-5-16(13)20-15-7-14(17)9-18-10-15/h4-7,9-11,19H,8H2,1-3H3. The van der Waals surface area contributed by atoms with Crippen LogP contribution in [0.5, 0.6) is 11.5 Å². The third kappa shape index (κ3) is 4.32. The topological polar surface area (TPSA) is 34.1 Å². The lowest BCUT2D eigenvalue weighted by Gasteiger charge is -2.14. The Morgan fingerprint density at radius 1 is 1.25 bits per heavy atom. The van der Waals surface area contributed by atoms with Gasteiger partial charge in [0, 0.05) is 28.8 Å². The lowest BCUT2D eigenvalue weighted by Crippen LogP contribution is -2.22. The van der Waals surface area contributed by atoms with Crippen LogP contribution in [0.15, 0.2) is 41.1 Å². The van der Waals surface area contributed by atoms with E-state index < -0.39 is 0 Å². The first kappa shape index (κ1) is 15.0. The third-order valence-electron chi connectivity index (χ3n) is 2.82. The number of halogens is 1. The van der Waals surface area contributed by atoms with E-state index in [4.69, 9.17) is 4.74 Å². The van der Waals surface area contributed by atoms with E-state index in [0.29, 0.717) is 6.04 Å². The van der Waals surface area contributed by atoms with Crippen LogP contribution in [-0.2, 0) is 6.54 Å². The number of hydrogen-bond acceptors (Lipinski definition) is 3. The van der Waals surface area contributed by atoms with Crippen LogP contribution in [0.4, 0.5) is 0 Å². The molecule has 1 heterocycles. The summed E-state index contributed by atoms with van der Waals surface area (Å²) >= 11 is 3.40. The highest BCUT2D eigenvalue weighted by molar-refractivity contribution is 9.10. The average molecular weight is 335 g/mol. The molecule has 2 aromatic rings. The fourth-order valence-corrected chi connectivity index (χ4v) is 2.18. The molecule has 1 aromatic carbocycles. The van der Waals surface area contributed by atoms with Crippen LogP contribution in [0, 0.1) is 6.92 Å². The zero-order valence-corrected chi connectivity index (χ0v) is 13.6. The Balaban J connectivity index is 2.21. The Hall–Kier alpha value is -1.39. The van der Waals surface area contributed by atoms with Gasteiger partial charge in [0.25, 0.3) is 0 Å². The van der Waals surface area contributed by atoms with E-state index in [9.17, 15) is 0 Å². The zero-order chi connectivity index (χ0) is 14.5. The Morgan fingerprint density at radius 2 is 2.05 bits per heavy atom. The summed E-state index contributed by atoms with van der Waals surface area (Å²) in [6, 6.07) is 8.56. The molecule has 0 unspecified atom stereocenters. The van der Waals surface area contributed by atoms with Gasteiger partial charge in [-0.1, -0.05) is 31.5 Å². The van der Waals surface area contributed by atoms with Crippen LogP contribution >= 0.6 is 15.9 Å². The van der Waals surface area contributed by atoms with E-state index in [1.807, 2.05) is 12.1 Å². The SMILES string of the molecule is Cc1ccc(Oc2cncc(Br)c2)c(CNC(C)C)c1. The van der Waals surface area contributed by atoms with E-state index in [1.54, 1.807) is 12.4 Å². The van der Waals surface area contributed by atoms with Crippen LogP contribution in [0.2, 0.25) is 0 Å². The van der Waals surface area contributed by atoms with Crippen molar-refractivity contribution in [2.75, 3.05) is 0 Å². The van der Waals surface area contributed by atoms with Crippen LogP contribution in [0.1, 0.15) is 25.0 Å². The Kier molecular flexibility index (Phi) is 5.15. The van der Waals surface area contributed by atoms with E-state index in [-0.39, 0.29) is 0 Å². The van der Waals surface area contributed by atoms with Crippen LogP contribution in [0.3, 0.4) is 0 Å². The summed E-state index contributed by atoms with van der Waals surface area (Å²) in [4.78, 5) is 4.11. The molecule has 3 nitrogen and oxygen atoms in total. The number of nitrogens with one attached hydrogen (secondary N) is 1. The monoisotopic (exact) mass is 334 g/mol. The molecule has 0 atom stereocenters. The van der Waals surface area contributed by atoms with Gasteiger partial charge in [-0.05, 0) is 35.0 Å². The van der Waals surface area contributed by atoms with Crippen molar-refractivity contribution in [2.45, 2.75) is 33.4 Å². The summed E-state index contributed by atoms with van der Waals surface area (Å²) in [5.74, 6) is 1.60. The summed E-state index contributed by atoms with van der Waals surface area (Å²) in [5, 5.41) is 3.42. The van der Waals surface area contributed by atoms with Gasteiger partial charge in [-0.3, -0.25) is 4.98 Å². The first-order chi connectivity index (χ1) is 9.54. The molecule has 0 spiro atoms. The molecule has 1 aromatic heterocycles. The molecule has 0 saturated carbocycles. The number of ether oxygens (including phenoxy) is 1. The Bertz CT molecular complexity index is 584. The molecule has 0 fully saturated rings. The third-order valence-corrected chi connectivity index (χ3v) is 3.26. The van der Waals surface area contributed by atoms with E-state index >= 15 is 0 Å². The van der Waals surface area contributed by atoms with E-state index in [2.05, 4.69) is 59.1 Å². The number of rotatable bonds is 5. The molecule has 20 heavy (non-hydrogen) atoms. The zero-order valence-electron chi connectivity index (χ0n) is 12.0. The van der Waals surface area contributed by atoms with E-state index in [0.717, 1.165) is 28.1 Å². The second-order valence-corrected chi connectivity index (χ2v) is 6.00. The predicted octanol–water partition coefficient (Wildman–Crippen LogP) is 4.44. The van der Waals surface area contributed by atoms with Crippen molar-refractivity contribution in [2.24, 2.45) is 0 Å². The molecule has 4 heteroatoms. The van der Waals surface area contributed by atoms with Crippen molar-refractivity contribution in [3.05, 3.63) is 52.3 Å². The Morgan fingerprint density at radius 3 is 2.75 bits per heavy atom. The number of benzene rings is 1. The number of aryl methyl sites for hydroxylation is 1. The normalized spacial score (nSPS) is 10.8. The van der Waals surface area contributed by atoms with Crippen LogP contribution in [0.25, 0.3) is 0 Å². The van der Waals surface area contributed by atoms with Crippen LogP contribution < -0.4 is 10.1 Å². The summed E-state index contributed by atoms with van der Waals surface area (Å²) in [5.41, 5.74) is 2.38. The lowest BCUT2D eigenvalue weighted by atomic mass is 10.1. The smallest absolute Gasteiger partial charge is 0.146 e. The lowest BCUT2D eigenvalue weighted by molar-refractivity contribution is 0.467. The summed E-state index contributed by atoms with van der Waals surface area (Å²) < 4.78 is 6.85. The van der Waals surface area contributed by atoms with Crippen molar-refractivity contribution < 1.29 is 4.74 Å². The minimum absolute atomic E-state index is 0.441. The van der Waals surface area contributed by atoms with Crippen molar-refractivity contribution >= 4 is 15.9 Å². The molecule has 0 saturated heterocycles. The van der Waals surface area contributed by atoms with Gasteiger partial charge in [0.1, 0.15) is 11.5 Å². The number of hydrogen-bond donors (Lipinski definition) is 1. The molecule has 1 N–H and O–H groups in total. The van der Waals surface area contributed by atoms with Crippen molar-refractivity contribution in [3.63, 3.8) is 0 Å². The molecule has 0 radical (unpaired) electrons. The van der Waals surface area contributed by atoms with Crippen molar-refractivity contribution in [1.82, 2.24) is 10.3 Å². The van der Waals surface area contributed by atoms with Gasteiger partial charge < -0.3 is 10.1 Å². The highest BCUT2D eigenvalue weighted by Gasteiger charge is 2.07. The first-order valence-electron chi connectivity index (χ1n) is 6.66. The number of aromatic nitrogens is 1. The molecule has 0 bridgehead atoms. The fraction of sp³-hybridized carbons (Fsp3) is 0.312. The second-order valence-electron chi connectivity index (χ2n) is 5.09. The van der Waals surface area contributed by atoms with Gasteiger partial charge in [0.2, 0.25) is 0 Å². The van der Waals surface area contributed by atoms with Gasteiger partial charge in [0.15, 0.2) is 0 Å². The highest BCUT2D eigenvalue weighted by Crippen LogP contribution is 2.27. The predicted molar refractivity (Wildman–Crippen MR) is 85.2 cm³/mol. The van der Waals surface area contributed by atoms with Crippen molar-refractivity contribution in [1.29, 1.82) is 0 Å². The summed E-state index contributed by atoms with van der Waals surface area (Å²) in [6.07, 6.45) is 3.45. The molecular weight excluding hydrogens is 316 g/mol. The highest BCUT2D eigenvalue weighted by atomic mass is 79.9. The second kappa shape index (κ2) is 6.86. The summed E-state index contributed by atoms with van der Waals surface area (Å²) in [7, 11) is 0.